The average Bonchev–Trinajstić information content (AvgIpc) is 2.52. The molecule has 1 aromatic rings. The summed E-state index contributed by atoms with van der Waals surface area (Å²) < 4.78 is 29.7. The first-order chi connectivity index (χ1) is 10.5. The lowest BCUT2D eigenvalue weighted by molar-refractivity contribution is -0.386. The largest absolute Gasteiger partial charge is 0.497 e. The van der Waals surface area contributed by atoms with Crippen molar-refractivity contribution in [3.05, 3.63) is 28.1 Å². The number of halogens is 1. The molecule has 0 saturated carbocycles. The Labute approximate surface area is 127 Å². The molecule has 122 valence electrons. The van der Waals surface area contributed by atoms with Gasteiger partial charge in [0.1, 0.15) is 11.4 Å². The number of anilines is 1. The Bertz CT molecular complexity index is 546. The minimum atomic E-state index is -0.940. The first-order valence-electron chi connectivity index (χ1n) is 6.90. The molecular formula is C14H19FN2O5. The highest BCUT2D eigenvalue weighted by Gasteiger charge is 2.33. The number of rotatable bonds is 6. The van der Waals surface area contributed by atoms with Gasteiger partial charge in [0.2, 0.25) is 5.82 Å². The van der Waals surface area contributed by atoms with Crippen molar-refractivity contribution in [1.29, 1.82) is 0 Å². The molecule has 1 N–H and O–H groups in total. The first-order valence-corrected chi connectivity index (χ1v) is 6.90. The highest BCUT2D eigenvalue weighted by molar-refractivity contribution is 5.65. The SMILES string of the molecule is COc1cc(F)c([N+](=O)[O-])c(NCC2(OC)CCOCC2)c1. The van der Waals surface area contributed by atoms with E-state index in [9.17, 15) is 14.5 Å². The van der Waals surface area contributed by atoms with Crippen molar-refractivity contribution >= 4 is 11.4 Å². The van der Waals surface area contributed by atoms with Crippen LogP contribution in [0.1, 0.15) is 12.8 Å². The van der Waals surface area contributed by atoms with Gasteiger partial charge >= 0.3 is 5.69 Å². The molecule has 0 bridgehead atoms. The molecule has 8 heteroatoms. The fourth-order valence-corrected chi connectivity index (χ4v) is 2.47. The summed E-state index contributed by atoms with van der Waals surface area (Å²) in [6.45, 7) is 1.44. The van der Waals surface area contributed by atoms with Crippen LogP contribution in [-0.2, 0) is 9.47 Å². The van der Waals surface area contributed by atoms with Crippen LogP contribution in [-0.4, -0.2) is 44.5 Å². The molecule has 2 rings (SSSR count). The van der Waals surface area contributed by atoms with Gasteiger partial charge < -0.3 is 19.5 Å². The maximum Gasteiger partial charge on any atom is 0.327 e. The van der Waals surface area contributed by atoms with Gasteiger partial charge in [0.25, 0.3) is 0 Å². The molecule has 0 atom stereocenters. The maximum atomic E-state index is 13.9. The van der Waals surface area contributed by atoms with Gasteiger partial charge in [0, 0.05) is 51.8 Å². The molecule has 0 amide bonds. The van der Waals surface area contributed by atoms with Crippen molar-refractivity contribution in [3.63, 3.8) is 0 Å². The molecule has 22 heavy (non-hydrogen) atoms. The number of nitrogens with zero attached hydrogens (tertiary/aromatic N) is 1. The number of hydrogen-bond acceptors (Lipinski definition) is 6. The van der Waals surface area contributed by atoms with Gasteiger partial charge in [0.05, 0.1) is 17.6 Å². The standard InChI is InChI=1S/C14H19FN2O5/c1-20-10-7-11(15)13(17(18)19)12(8-10)16-9-14(21-2)3-5-22-6-4-14/h7-8,16H,3-6,9H2,1-2H3. The summed E-state index contributed by atoms with van der Waals surface area (Å²) >= 11 is 0. The molecule has 0 radical (unpaired) electrons. The second-order valence-corrected chi connectivity index (χ2v) is 5.12. The summed E-state index contributed by atoms with van der Waals surface area (Å²) in [5, 5.41) is 14.0. The fourth-order valence-electron chi connectivity index (χ4n) is 2.47. The predicted octanol–water partition coefficient (Wildman–Crippen LogP) is 2.35. The van der Waals surface area contributed by atoms with E-state index >= 15 is 0 Å². The lowest BCUT2D eigenvalue weighted by atomic mass is 9.94. The minimum absolute atomic E-state index is 0.0739. The summed E-state index contributed by atoms with van der Waals surface area (Å²) in [5.74, 6) is -0.727. The van der Waals surface area contributed by atoms with Crippen molar-refractivity contribution in [2.24, 2.45) is 0 Å². The van der Waals surface area contributed by atoms with Gasteiger partial charge in [-0.1, -0.05) is 0 Å². The Morgan fingerprint density at radius 3 is 2.64 bits per heavy atom. The smallest absolute Gasteiger partial charge is 0.327 e. The monoisotopic (exact) mass is 314 g/mol. The molecule has 0 unspecified atom stereocenters. The molecular weight excluding hydrogens is 295 g/mol. The number of hydrogen-bond donors (Lipinski definition) is 1. The number of nitro groups is 1. The van der Waals surface area contributed by atoms with Crippen LogP contribution in [0, 0.1) is 15.9 Å². The van der Waals surface area contributed by atoms with E-state index in [2.05, 4.69) is 5.32 Å². The third-order valence-electron chi connectivity index (χ3n) is 3.89. The molecule has 7 nitrogen and oxygen atoms in total. The van der Waals surface area contributed by atoms with Crippen molar-refractivity contribution in [2.75, 3.05) is 39.3 Å². The van der Waals surface area contributed by atoms with Gasteiger partial charge in [-0.2, -0.15) is 4.39 Å². The Hall–Kier alpha value is -1.93. The second-order valence-electron chi connectivity index (χ2n) is 5.12. The quantitative estimate of drug-likeness (QED) is 0.641. The highest BCUT2D eigenvalue weighted by Crippen LogP contribution is 2.34. The van der Waals surface area contributed by atoms with Gasteiger partial charge in [-0.15, -0.1) is 0 Å². The van der Waals surface area contributed by atoms with Crippen molar-refractivity contribution in [1.82, 2.24) is 0 Å². The lowest BCUT2D eigenvalue weighted by Crippen LogP contribution is -2.44. The number of ether oxygens (including phenoxy) is 3. The summed E-state index contributed by atoms with van der Waals surface area (Å²) in [7, 11) is 2.97. The van der Waals surface area contributed by atoms with Crippen molar-refractivity contribution in [2.45, 2.75) is 18.4 Å². The van der Waals surface area contributed by atoms with Crippen LogP contribution in [0.3, 0.4) is 0 Å². The first kappa shape index (κ1) is 16.4. The molecule has 1 fully saturated rings. The Kier molecular flexibility index (Phi) is 5.15. The van der Waals surface area contributed by atoms with Crippen LogP contribution in [0.25, 0.3) is 0 Å². The number of benzene rings is 1. The summed E-state index contributed by atoms with van der Waals surface area (Å²) in [6, 6.07) is 2.40. The Morgan fingerprint density at radius 1 is 1.41 bits per heavy atom. The van der Waals surface area contributed by atoms with E-state index in [4.69, 9.17) is 14.2 Å². The zero-order valence-electron chi connectivity index (χ0n) is 12.6. The van der Waals surface area contributed by atoms with Gasteiger partial charge in [-0.3, -0.25) is 10.1 Å². The molecule has 1 aliphatic heterocycles. The average molecular weight is 314 g/mol. The number of methoxy groups -OCH3 is 2. The van der Waals surface area contributed by atoms with Crippen LogP contribution < -0.4 is 10.1 Å². The van der Waals surface area contributed by atoms with Crippen LogP contribution in [0.15, 0.2) is 12.1 Å². The van der Waals surface area contributed by atoms with Crippen LogP contribution in [0.2, 0.25) is 0 Å². The van der Waals surface area contributed by atoms with Gasteiger partial charge in [-0.25, -0.2) is 0 Å². The van der Waals surface area contributed by atoms with Gasteiger partial charge in [-0.05, 0) is 0 Å². The van der Waals surface area contributed by atoms with Crippen molar-refractivity contribution < 1.29 is 23.5 Å². The molecule has 0 aromatic heterocycles. The number of nitro benzene ring substituents is 1. The zero-order valence-corrected chi connectivity index (χ0v) is 12.6. The Morgan fingerprint density at radius 2 is 2.09 bits per heavy atom. The summed E-state index contributed by atoms with van der Waals surface area (Å²) in [5.41, 5.74) is -1.00. The molecule has 1 aromatic carbocycles. The van der Waals surface area contributed by atoms with Crippen molar-refractivity contribution in [3.8, 4) is 5.75 Å². The molecule has 0 spiro atoms. The topological polar surface area (TPSA) is 82.9 Å². The van der Waals surface area contributed by atoms with E-state index < -0.39 is 22.0 Å². The predicted molar refractivity (Wildman–Crippen MR) is 77.9 cm³/mol. The fraction of sp³-hybridized carbons (Fsp3) is 0.571. The van der Waals surface area contributed by atoms with Gasteiger partial charge in [0.15, 0.2) is 0 Å². The van der Waals surface area contributed by atoms with E-state index in [1.807, 2.05) is 0 Å². The minimum Gasteiger partial charge on any atom is -0.497 e. The third kappa shape index (κ3) is 3.45. The summed E-state index contributed by atoms with van der Waals surface area (Å²) in [4.78, 5) is 10.3. The van der Waals surface area contributed by atoms with E-state index in [0.29, 0.717) is 32.6 Å². The second kappa shape index (κ2) is 6.89. The molecule has 1 saturated heterocycles. The van der Waals surface area contributed by atoms with Crippen LogP contribution in [0.4, 0.5) is 15.8 Å². The zero-order chi connectivity index (χ0) is 16.2. The van der Waals surface area contributed by atoms with Crippen LogP contribution >= 0.6 is 0 Å². The molecule has 0 aliphatic carbocycles. The lowest BCUT2D eigenvalue weighted by Gasteiger charge is -2.36. The van der Waals surface area contributed by atoms with E-state index in [0.717, 1.165) is 6.07 Å². The summed E-state index contributed by atoms with van der Waals surface area (Å²) in [6.07, 6.45) is 1.33. The van der Waals surface area contributed by atoms with E-state index in [1.165, 1.54) is 13.2 Å². The van der Waals surface area contributed by atoms with E-state index in [-0.39, 0.29) is 11.4 Å². The third-order valence-corrected chi connectivity index (χ3v) is 3.89. The molecule has 1 aliphatic rings. The number of nitrogens with one attached hydrogen (secondary N) is 1. The Balaban J connectivity index is 2.24. The van der Waals surface area contributed by atoms with E-state index in [1.54, 1.807) is 7.11 Å². The highest BCUT2D eigenvalue weighted by atomic mass is 19.1. The normalized spacial score (nSPS) is 17.0. The molecule has 1 heterocycles. The maximum absolute atomic E-state index is 13.9. The van der Waals surface area contributed by atoms with Crippen LogP contribution in [0.5, 0.6) is 5.75 Å².